The van der Waals surface area contributed by atoms with Crippen LogP contribution < -0.4 is 10.6 Å². The van der Waals surface area contributed by atoms with Gasteiger partial charge in [0.2, 0.25) is 5.91 Å². The van der Waals surface area contributed by atoms with Gasteiger partial charge in [0, 0.05) is 24.2 Å². The smallest absolute Gasteiger partial charge is 0.248 e. The summed E-state index contributed by atoms with van der Waals surface area (Å²) in [4.78, 5) is 13.0. The second kappa shape index (κ2) is 4.35. The molecule has 1 heterocycles. The number of piperidine rings is 1. The molecule has 2 rings (SSSR count). The Morgan fingerprint density at radius 2 is 2.19 bits per heavy atom. The molecule has 0 atom stereocenters. The van der Waals surface area contributed by atoms with E-state index in [9.17, 15) is 4.79 Å². The Kier molecular flexibility index (Phi) is 2.90. The third kappa shape index (κ3) is 2.05. The van der Waals surface area contributed by atoms with Crippen LogP contribution in [0, 0.1) is 5.41 Å². The van der Waals surface area contributed by atoms with Crippen molar-refractivity contribution >= 4 is 17.4 Å². The molecular weight excluding hydrogens is 202 g/mol. The SMILES string of the molecule is N=C1CCCCN1c1cccc(C(N)=O)c1. The van der Waals surface area contributed by atoms with Crippen LogP contribution in [0.25, 0.3) is 0 Å². The predicted octanol–water partition coefficient (Wildman–Crippen LogP) is 1.75. The largest absolute Gasteiger partial charge is 0.366 e. The maximum absolute atomic E-state index is 11.1. The van der Waals surface area contributed by atoms with Crippen molar-refractivity contribution in [3.05, 3.63) is 29.8 Å². The van der Waals surface area contributed by atoms with Gasteiger partial charge in [0.05, 0.1) is 0 Å². The molecule has 1 aliphatic rings. The Morgan fingerprint density at radius 1 is 1.38 bits per heavy atom. The lowest BCUT2D eigenvalue weighted by atomic mass is 10.1. The number of rotatable bonds is 2. The monoisotopic (exact) mass is 217 g/mol. The first-order valence-corrected chi connectivity index (χ1v) is 5.43. The van der Waals surface area contributed by atoms with E-state index < -0.39 is 5.91 Å². The minimum Gasteiger partial charge on any atom is -0.366 e. The van der Waals surface area contributed by atoms with Crippen molar-refractivity contribution in [1.82, 2.24) is 0 Å². The van der Waals surface area contributed by atoms with Crippen molar-refractivity contribution in [2.45, 2.75) is 19.3 Å². The fraction of sp³-hybridized carbons (Fsp3) is 0.333. The molecule has 0 saturated carbocycles. The van der Waals surface area contributed by atoms with Crippen LogP contribution in [0.3, 0.4) is 0 Å². The van der Waals surface area contributed by atoms with Gasteiger partial charge < -0.3 is 10.6 Å². The summed E-state index contributed by atoms with van der Waals surface area (Å²) in [6.07, 6.45) is 2.97. The zero-order chi connectivity index (χ0) is 11.5. The number of hydrogen-bond acceptors (Lipinski definition) is 2. The van der Waals surface area contributed by atoms with E-state index in [4.69, 9.17) is 11.1 Å². The molecule has 1 aromatic carbocycles. The Balaban J connectivity index is 2.28. The summed E-state index contributed by atoms with van der Waals surface area (Å²) in [5, 5.41) is 7.87. The third-order valence-electron chi connectivity index (χ3n) is 2.81. The number of nitrogens with zero attached hydrogens (tertiary/aromatic N) is 1. The van der Waals surface area contributed by atoms with Crippen molar-refractivity contribution in [1.29, 1.82) is 5.41 Å². The minimum atomic E-state index is -0.426. The van der Waals surface area contributed by atoms with Gasteiger partial charge in [0.15, 0.2) is 0 Å². The molecule has 0 spiro atoms. The van der Waals surface area contributed by atoms with Crippen LogP contribution in [0.2, 0.25) is 0 Å². The number of nitrogens with two attached hydrogens (primary N) is 1. The van der Waals surface area contributed by atoms with Crippen LogP contribution in [-0.4, -0.2) is 18.3 Å². The van der Waals surface area contributed by atoms with Crippen molar-refractivity contribution in [2.24, 2.45) is 5.73 Å². The van der Waals surface area contributed by atoms with Crippen LogP contribution in [0.4, 0.5) is 5.69 Å². The summed E-state index contributed by atoms with van der Waals surface area (Å²) < 4.78 is 0. The van der Waals surface area contributed by atoms with E-state index in [0.717, 1.165) is 31.5 Å². The fourth-order valence-electron chi connectivity index (χ4n) is 1.94. The van der Waals surface area contributed by atoms with Crippen molar-refractivity contribution < 1.29 is 4.79 Å². The third-order valence-corrected chi connectivity index (χ3v) is 2.81. The molecule has 0 aliphatic carbocycles. The van der Waals surface area contributed by atoms with E-state index in [0.29, 0.717) is 11.4 Å². The second-order valence-corrected chi connectivity index (χ2v) is 3.97. The lowest BCUT2D eigenvalue weighted by Gasteiger charge is -2.29. The average Bonchev–Trinajstić information content (AvgIpc) is 2.30. The Morgan fingerprint density at radius 3 is 2.88 bits per heavy atom. The van der Waals surface area contributed by atoms with Gasteiger partial charge in [-0.1, -0.05) is 6.07 Å². The quantitative estimate of drug-likeness (QED) is 0.792. The number of amides is 1. The highest BCUT2D eigenvalue weighted by molar-refractivity contribution is 5.98. The standard InChI is InChI=1S/C12H15N3O/c13-11-6-1-2-7-15(11)10-5-3-4-9(8-10)12(14)16/h3-5,8,13H,1-2,6-7H2,(H2,14,16). The van der Waals surface area contributed by atoms with Crippen LogP contribution >= 0.6 is 0 Å². The molecular formula is C12H15N3O. The maximum Gasteiger partial charge on any atom is 0.248 e. The Labute approximate surface area is 94.6 Å². The number of benzene rings is 1. The summed E-state index contributed by atoms with van der Waals surface area (Å²) >= 11 is 0. The van der Waals surface area contributed by atoms with E-state index in [1.54, 1.807) is 18.2 Å². The van der Waals surface area contributed by atoms with Crippen molar-refractivity contribution in [3.63, 3.8) is 0 Å². The first-order chi connectivity index (χ1) is 7.68. The van der Waals surface area contributed by atoms with Gasteiger partial charge in [0.25, 0.3) is 0 Å². The molecule has 3 N–H and O–H groups in total. The van der Waals surface area contributed by atoms with Gasteiger partial charge in [-0.2, -0.15) is 0 Å². The molecule has 0 radical (unpaired) electrons. The highest BCUT2D eigenvalue weighted by atomic mass is 16.1. The van der Waals surface area contributed by atoms with Gasteiger partial charge in [-0.05, 0) is 31.0 Å². The molecule has 1 aliphatic heterocycles. The van der Waals surface area contributed by atoms with Crippen LogP contribution in [-0.2, 0) is 0 Å². The molecule has 84 valence electrons. The zero-order valence-electron chi connectivity index (χ0n) is 9.07. The second-order valence-electron chi connectivity index (χ2n) is 3.97. The molecule has 1 saturated heterocycles. The highest BCUT2D eigenvalue weighted by Crippen LogP contribution is 2.21. The van der Waals surface area contributed by atoms with E-state index in [2.05, 4.69) is 0 Å². The Hall–Kier alpha value is -1.84. The lowest BCUT2D eigenvalue weighted by Crippen LogP contribution is -2.34. The molecule has 0 aromatic heterocycles. The fourth-order valence-corrected chi connectivity index (χ4v) is 1.94. The normalized spacial score (nSPS) is 16.2. The lowest BCUT2D eigenvalue weighted by molar-refractivity contribution is 0.100. The highest BCUT2D eigenvalue weighted by Gasteiger charge is 2.16. The van der Waals surface area contributed by atoms with Gasteiger partial charge in [0.1, 0.15) is 5.84 Å². The average molecular weight is 217 g/mol. The van der Waals surface area contributed by atoms with Crippen molar-refractivity contribution in [2.75, 3.05) is 11.4 Å². The van der Waals surface area contributed by atoms with Gasteiger partial charge in [-0.3, -0.25) is 10.2 Å². The van der Waals surface area contributed by atoms with E-state index >= 15 is 0 Å². The van der Waals surface area contributed by atoms with Crippen LogP contribution in [0.5, 0.6) is 0 Å². The van der Waals surface area contributed by atoms with Gasteiger partial charge in [-0.15, -0.1) is 0 Å². The van der Waals surface area contributed by atoms with Gasteiger partial charge >= 0.3 is 0 Å². The number of anilines is 1. The van der Waals surface area contributed by atoms with E-state index in [1.165, 1.54) is 0 Å². The van der Waals surface area contributed by atoms with Crippen LogP contribution in [0.15, 0.2) is 24.3 Å². The molecule has 0 unspecified atom stereocenters. The zero-order valence-corrected chi connectivity index (χ0v) is 9.07. The molecule has 1 fully saturated rings. The molecule has 1 aromatic rings. The first kappa shape index (κ1) is 10.7. The topological polar surface area (TPSA) is 70.2 Å². The molecule has 4 heteroatoms. The molecule has 4 nitrogen and oxygen atoms in total. The summed E-state index contributed by atoms with van der Waals surface area (Å²) in [7, 11) is 0. The summed E-state index contributed by atoms with van der Waals surface area (Å²) in [6, 6.07) is 7.16. The minimum absolute atomic E-state index is 0.426. The molecule has 1 amide bonds. The summed E-state index contributed by atoms with van der Waals surface area (Å²) in [5.41, 5.74) is 6.62. The summed E-state index contributed by atoms with van der Waals surface area (Å²) in [6.45, 7) is 0.848. The Bertz CT molecular complexity index is 428. The van der Waals surface area contributed by atoms with E-state index in [1.807, 2.05) is 11.0 Å². The number of primary amides is 1. The number of carbonyl (C=O) groups is 1. The van der Waals surface area contributed by atoms with Crippen molar-refractivity contribution in [3.8, 4) is 0 Å². The number of amidine groups is 1. The molecule has 16 heavy (non-hydrogen) atoms. The first-order valence-electron chi connectivity index (χ1n) is 5.43. The predicted molar refractivity (Wildman–Crippen MR) is 63.9 cm³/mol. The maximum atomic E-state index is 11.1. The van der Waals surface area contributed by atoms with Gasteiger partial charge in [-0.25, -0.2) is 0 Å². The van der Waals surface area contributed by atoms with Crippen LogP contribution in [0.1, 0.15) is 29.6 Å². The summed E-state index contributed by atoms with van der Waals surface area (Å²) in [5.74, 6) is 0.193. The molecule has 0 bridgehead atoms. The number of carbonyl (C=O) groups excluding carboxylic acids is 1. The number of hydrogen-bond donors (Lipinski definition) is 2. The number of nitrogens with one attached hydrogen (secondary N) is 1. The van der Waals surface area contributed by atoms with E-state index in [-0.39, 0.29) is 0 Å².